The van der Waals surface area contributed by atoms with Gasteiger partial charge in [-0.25, -0.2) is 0 Å². The number of benzene rings is 2. The van der Waals surface area contributed by atoms with Crippen molar-refractivity contribution >= 4 is 85.6 Å². The number of nitrogens with one attached hydrogen (secondary N) is 2. The lowest BCUT2D eigenvalue weighted by Gasteiger charge is -2.13. The first kappa shape index (κ1) is 33.3. The average Bonchev–Trinajstić information content (AvgIpc) is 2.91. The highest BCUT2D eigenvalue weighted by Crippen LogP contribution is 2.52. The van der Waals surface area contributed by atoms with Crippen LogP contribution in [0, 0.1) is 80.9 Å². The molecule has 0 aliphatic rings. The maximum atomic E-state index is 11.8. The van der Waals surface area contributed by atoms with Crippen molar-refractivity contribution in [3.05, 3.63) is 93.0 Å². The van der Waals surface area contributed by atoms with E-state index in [1.54, 1.807) is 10.6 Å². The zero-order valence-electron chi connectivity index (χ0n) is 21.9. The first-order chi connectivity index (χ1) is 21.7. The normalized spacial score (nSPS) is 10.5. The van der Waals surface area contributed by atoms with E-state index in [-0.39, 0.29) is 12.1 Å². The molecule has 0 aliphatic carbocycles. The highest BCUT2D eigenvalue weighted by molar-refractivity contribution is 6.00. The Morgan fingerprint density at radius 1 is 0.426 bits per heavy atom. The summed E-state index contributed by atoms with van der Waals surface area (Å²) in [6.45, 7) is 0. The second-order valence-electron chi connectivity index (χ2n) is 8.33. The van der Waals surface area contributed by atoms with Crippen molar-refractivity contribution in [2.75, 3.05) is 27.8 Å². The molecule has 0 atom stereocenters. The topological polar surface area (TPSA) is 460 Å². The molecule has 244 valence electrons. The lowest BCUT2D eigenvalue weighted by atomic mass is 10.1. The van der Waals surface area contributed by atoms with Gasteiger partial charge in [0.1, 0.15) is 6.07 Å². The number of nitrogens with zero attached hydrogens (tertiary/aromatic N) is 9. The summed E-state index contributed by atoms with van der Waals surface area (Å²) in [5.41, 5.74) is -2.83. The van der Waals surface area contributed by atoms with Crippen LogP contribution < -0.4 is 27.8 Å². The third-order valence-corrected chi connectivity index (χ3v) is 5.78. The Hall–Kier alpha value is -8.21. The van der Waals surface area contributed by atoms with Crippen molar-refractivity contribution in [1.29, 1.82) is 0 Å². The largest absolute Gasteiger partial charge is 0.387 e. The van der Waals surface area contributed by atoms with E-state index in [0.29, 0.717) is 0 Å². The number of nitro groups is 8. The van der Waals surface area contributed by atoms with Gasteiger partial charge in [-0.1, -0.05) is 0 Å². The van der Waals surface area contributed by atoms with Gasteiger partial charge in [0.05, 0.1) is 45.5 Å². The van der Waals surface area contributed by atoms with Crippen LogP contribution in [0.3, 0.4) is 0 Å². The molecular weight excluding hydrogens is 656 g/mol. The SMILES string of the molecule is Nc1c([N+](=O)[O-])cc([N+](=O)[O-])c(Nc2nc(Nc3c([N+](=O)[O-])c(N)c([N+](=O)[O-])c(N)c3[N+](=O)[O-])c([N+](=O)[O-])cc2[N+](=O)[O-])c1[N+](=O)[O-]. The van der Waals surface area contributed by atoms with Gasteiger partial charge in [-0.05, 0) is 0 Å². The van der Waals surface area contributed by atoms with Crippen molar-refractivity contribution in [3.8, 4) is 0 Å². The van der Waals surface area contributed by atoms with Crippen LogP contribution >= 0.6 is 0 Å². The number of nitrogens with two attached hydrogens (primary N) is 3. The fraction of sp³-hybridized carbons (Fsp3) is 0. The number of hydrogen-bond acceptors (Lipinski definition) is 22. The average molecular weight is 666 g/mol. The van der Waals surface area contributed by atoms with Crippen molar-refractivity contribution in [1.82, 2.24) is 4.98 Å². The molecule has 0 unspecified atom stereocenters. The van der Waals surface area contributed by atoms with E-state index in [9.17, 15) is 80.9 Å². The number of anilines is 7. The van der Waals surface area contributed by atoms with Gasteiger partial charge in [0, 0.05) is 0 Å². The Morgan fingerprint density at radius 3 is 1.09 bits per heavy atom. The molecule has 0 spiro atoms. The molecule has 0 bridgehead atoms. The Bertz CT molecular complexity index is 1970. The van der Waals surface area contributed by atoms with Crippen molar-refractivity contribution in [2.45, 2.75) is 0 Å². The van der Waals surface area contributed by atoms with E-state index < -0.39 is 125 Å². The Morgan fingerprint density at radius 2 is 0.745 bits per heavy atom. The van der Waals surface area contributed by atoms with Crippen LogP contribution in [0.1, 0.15) is 0 Å². The molecule has 0 saturated heterocycles. The summed E-state index contributed by atoms with van der Waals surface area (Å²) in [7, 11) is 0. The van der Waals surface area contributed by atoms with Gasteiger partial charge >= 0.3 is 45.5 Å². The van der Waals surface area contributed by atoms with Gasteiger partial charge in [-0.3, -0.25) is 80.9 Å². The molecule has 47 heavy (non-hydrogen) atoms. The van der Waals surface area contributed by atoms with Gasteiger partial charge in [-0.15, -0.1) is 0 Å². The van der Waals surface area contributed by atoms with E-state index in [2.05, 4.69) is 4.98 Å². The maximum Gasteiger partial charge on any atom is 0.329 e. The van der Waals surface area contributed by atoms with Crippen LogP contribution in [0.2, 0.25) is 0 Å². The fourth-order valence-electron chi connectivity index (χ4n) is 3.90. The van der Waals surface area contributed by atoms with Gasteiger partial charge < -0.3 is 27.8 Å². The minimum Gasteiger partial charge on any atom is -0.387 e. The molecule has 3 rings (SSSR count). The Kier molecular flexibility index (Phi) is 8.37. The van der Waals surface area contributed by atoms with E-state index in [0.717, 1.165) is 0 Å². The minimum absolute atomic E-state index is 0.0415. The third-order valence-electron chi connectivity index (χ3n) is 5.78. The molecule has 0 saturated carbocycles. The molecule has 0 radical (unpaired) electrons. The highest BCUT2D eigenvalue weighted by Gasteiger charge is 2.42. The zero-order valence-corrected chi connectivity index (χ0v) is 21.9. The molecule has 30 heteroatoms. The second kappa shape index (κ2) is 11.8. The number of aromatic nitrogens is 1. The monoisotopic (exact) mass is 666 g/mol. The summed E-state index contributed by atoms with van der Waals surface area (Å²) >= 11 is 0. The summed E-state index contributed by atoms with van der Waals surface area (Å²) in [5.74, 6) is -2.78. The predicted octanol–water partition coefficient (Wildman–Crippen LogP) is 2.58. The summed E-state index contributed by atoms with van der Waals surface area (Å²) in [5, 5.41) is 97.0. The molecule has 3 aromatic rings. The first-order valence-electron chi connectivity index (χ1n) is 11.2. The zero-order chi connectivity index (χ0) is 35.8. The number of nitrogen functional groups attached to an aromatic ring is 3. The van der Waals surface area contributed by atoms with E-state index in [1.807, 2.05) is 0 Å². The van der Waals surface area contributed by atoms with Crippen molar-refractivity contribution < 1.29 is 39.4 Å². The standard InChI is InChI=1S/C17H10N14O16/c18-7-3(24(32)33)1-4(25(34)35)10(13(7)29(42)43)21-16-5(26(36)37)2-6(27(38)39)17(23-16)22-11-14(30(44)45)8(19)12(28(40)41)9(20)15(11)31(46)47/h1-2H,18-20H2,(H2,21,22,23). The molecule has 0 amide bonds. The summed E-state index contributed by atoms with van der Waals surface area (Å²) < 4.78 is 0. The van der Waals surface area contributed by atoms with Crippen LogP contribution in [-0.2, 0) is 0 Å². The van der Waals surface area contributed by atoms with Crippen LogP contribution in [0.4, 0.5) is 85.6 Å². The molecule has 8 N–H and O–H groups in total. The molecule has 30 nitrogen and oxygen atoms in total. The van der Waals surface area contributed by atoms with E-state index in [4.69, 9.17) is 17.2 Å². The van der Waals surface area contributed by atoms with E-state index >= 15 is 0 Å². The quantitative estimate of drug-likeness (QED) is 0.105. The number of rotatable bonds is 12. The number of pyridine rings is 1. The first-order valence-corrected chi connectivity index (χ1v) is 11.2. The Labute approximate surface area is 251 Å². The second-order valence-corrected chi connectivity index (χ2v) is 8.33. The maximum absolute atomic E-state index is 11.8. The molecule has 0 fully saturated rings. The predicted molar refractivity (Wildman–Crippen MR) is 150 cm³/mol. The van der Waals surface area contributed by atoms with Crippen LogP contribution in [0.5, 0.6) is 0 Å². The molecule has 1 aromatic heterocycles. The summed E-state index contributed by atoms with van der Waals surface area (Å²) in [6, 6.07) is 0.163. The minimum atomic E-state index is -1.66. The summed E-state index contributed by atoms with van der Waals surface area (Å²) in [4.78, 5) is 85.4. The van der Waals surface area contributed by atoms with Crippen molar-refractivity contribution in [3.63, 3.8) is 0 Å². The number of nitro benzene ring substituents is 6. The highest BCUT2D eigenvalue weighted by atomic mass is 16.7. The van der Waals surface area contributed by atoms with E-state index in [1.165, 1.54) is 0 Å². The fourth-order valence-corrected chi connectivity index (χ4v) is 3.90. The van der Waals surface area contributed by atoms with Crippen LogP contribution in [0.15, 0.2) is 12.1 Å². The molecule has 1 heterocycles. The van der Waals surface area contributed by atoms with Gasteiger partial charge in [-0.2, -0.15) is 4.98 Å². The molecule has 2 aromatic carbocycles. The van der Waals surface area contributed by atoms with Gasteiger partial charge in [0.15, 0.2) is 17.1 Å². The molecule has 0 aliphatic heterocycles. The lowest BCUT2D eigenvalue weighted by molar-refractivity contribution is -0.400. The smallest absolute Gasteiger partial charge is 0.329 e. The van der Waals surface area contributed by atoms with Gasteiger partial charge in [0.2, 0.25) is 23.0 Å². The molecular formula is C17H10N14O16. The lowest BCUT2D eigenvalue weighted by Crippen LogP contribution is -2.13. The number of hydrogen-bond donors (Lipinski definition) is 5. The Balaban J connectivity index is 2.50. The summed E-state index contributed by atoms with van der Waals surface area (Å²) in [6.07, 6.45) is 0. The van der Waals surface area contributed by atoms with Crippen LogP contribution in [0.25, 0.3) is 0 Å². The van der Waals surface area contributed by atoms with Crippen molar-refractivity contribution in [2.24, 2.45) is 0 Å². The van der Waals surface area contributed by atoms with Crippen LogP contribution in [-0.4, -0.2) is 44.4 Å². The third kappa shape index (κ3) is 5.75. The van der Waals surface area contributed by atoms with Gasteiger partial charge in [0.25, 0.3) is 0 Å².